The third-order valence-corrected chi connectivity index (χ3v) is 7.07. The number of sulfonamides is 1. The number of hydrogen-bond acceptors (Lipinski definition) is 4. The highest BCUT2D eigenvalue weighted by Crippen LogP contribution is 2.25. The summed E-state index contributed by atoms with van der Waals surface area (Å²) in [6, 6.07) is 12.1. The zero-order valence-electron chi connectivity index (χ0n) is 17.3. The minimum atomic E-state index is -3.74. The first-order valence-electron chi connectivity index (χ1n) is 10.2. The summed E-state index contributed by atoms with van der Waals surface area (Å²) < 4.78 is 40.3. The van der Waals surface area contributed by atoms with Crippen molar-refractivity contribution in [3.63, 3.8) is 0 Å². The number of nitrogens with one attached hydrogen (secondary N) is 2. The first-order chi connectivity index (χ1) is 14.8. The Kier molecular flexibility index (Phi) is 7.40. The van der Waals surface area contributed by atoms with Crippen LogP contribution in [0.25, 0.3) is 0 Å². The molecule has 166 valence electrons. The smallest absolute Gasteiger partial charge is 0.243 e. The maximum Gasteiger partial charge on any atom is 0.243 e. The molecule has 9 heteroatoms. The molecular weight excluding hydrogens is 421 g/mol. The molecule has 1 heterocycles. The fourth-order valence-corrected chi connectivity index (χ4v) is 5.09. The fourth-order valence-electron chi connectivity index (χ4n) is 3.56. The third-order valence-electron chi connectivity index (χ3n) is 5.19. The number of nitrogens with zero attached hydrogens (tertiary/aromatic N) is 1. The van der Waals surface area contributed by atoms with Gasteiger partial charge in [0.2, 0.25) is 21.8 Å². The van der Waals surface area contributed by atoms with Crippen molar-refractivity contribution in [3.8, 4) is 0 Å². The van der Waals surface area contributed by atoms with Gasteiger partial charge in [0.15, 0.2) is 0 Å². The van der Waals surface area contributed by atoms with Crippen LogP contribution in [0.4, 0.5) is 10.1 Å². The quantitative estimate of drug-likeness (QED) is 0.682. The van der Waals surface area contributed by atoms with Gasteiger partial charge in [-0.15, -0.1) is 0 Å². The number of carbonyl (C=O) groups is 2. The molecule has 2 aromatic rings. The Morgan fingerprint density at radius 1 is 1.10 bits per heavy atom. The molecule has 0 radical (unpaired) electrons. The van der Waals surface area contributed by atoms with Gasteiger partial charge >= 0.3 is 0 Å². The average molecular weight is 448 g/mol. The molecule has 3 rings (SSSR count). The molecule has 0 saturated carbocycles. The number of halogens is 1. The van der Waals surface area contributed by atoms with E-state index in [2.05, 4.69) is 10.6 Å². The Morgan fingerprint density at radius 2 is 1.77 bits per heavy atom. The number of anilines is 1. The molecule has 31 heavy (non-hydrogen) atoms. The molecule has 2 aromatic carbocycles. The van der Waals surface area contributed by atoms with Gasteiger partial charge in [0.25, 0.3) is 0 Å². The van der Waals surface area contributed by atoms with Gasteiger partial charge in [0.05, 0.1) is 10.8 Å². The molecule has 1 saturated heterocycles. The van der Waals surface area contributed by atoms with Crippen LogP contribution < -0.4 is 10.6 Å². The third kappa shape index (κ3) is 6.11. The predicted molar refractivity (Wildman–Crippen MR) is 115 cm³/mol. The summed E-state index contributed by atoms with van der Waals surface area (Å²) in [5.74, 6) is -1.14. The van der Waals surface area contributed by atoms with Gasteiger partial charge in [-0.25, -0.2) is 12.8 Å². The van der Waals surface area contributed by atoms with Crippen molar-refractivity contribution in [2.75, 3.05) is 25.0 Å². The van der Waals surface area contributed by atoms with E-state index in [1.807, 2.05) is 0 Å². The Hall–Kier alpha value is -2.78. The topological polar surface area (TPSA) is 95.6 Å². The maximum absolute atomic E-state index is 13.0. The van der Waals surface area contributed by atoms with Crippen molar-refractivity contribution < 1.29 is 22.4 Å². The van der Waals surface area contributed by atoms with Crippen LogP contribution in [0, 0.1) is 11.7 Å². The van der Waals surface area contributed by atoms with Crippen LogP contribution in [0.1, 0.15) is 25.3 Å². The monoisotopic (exact) mass is 447 g/mol. The van der Waals surface area contributed by atoms with E-state index in [0.717, 1.165) is 5.56 Å². The van der Waals surface area contributed by atoms with Gasteiger partial charge in [-0.2, -0.15) is 4.31 Å². The van der Waals surface area contributed by atoms with Crippen LogP contribution >= 0.6 is 0 Å². The van der Waals surface area contributed by atoms with Gasteiger partial charge in [0.1, 0.15) is 5.82 Å². The summed E-state index contributed by atoms with van der Waals surface area (Å²) in [4.78, 5) is 23.8. The number of benzene rings is 2. The van der Waals surface area contributed by atoms with Gasteiger partial charge in [-0.1, -0.05) is 12.1 Å². The van der Waals surface area contributed by atoms with Crippen LogP contribution in [0.2, 0.25) is 0 Å². The number of rotatable bonds is 7. The van der Waals surface area contributed by atoms with Crippen LogP contribution in [0.3, 0.4) is 0 Å². The molecule has 2 amide bonds. The SMILES string of the molecule is CC(=O)Nc1ccc(S(=O)(=O)N2CCC[C@@H](C(=O)NCCc3ccc(F)cc3)C2)cc1. The molecule has 2 N–H and O–H groups in total. The highest BCUT2D eigenvalue weighted by Gasteiger charge is 2.33. The molecule has 0 bridgehead atoms. The van der Waals surface area contributed by atoms with Crippen molar-refractivity contribution in [2.45, 2.75) is 31.1 Å². The van der Waals surface area contributed by atoms with Crippen molar-refractivity contribution in [1.29, 1.82) is 0 Å². The second kappa shape index (κ2) is 10.0. The predicted octanol–water partition coefficient (Wildman–Crippen LogP) is 2.54. The van der Waals surface area contributed by atoms with Crippen molar-refractivity contribution in [2.24, 2.45) is 5.92 Å². The normalized spacial score (nSPS) is 17.2. The molecule has 0 unspecified atom stereocenters. The Morgan fingerprint density at radius 3 is 2.42 bits per heavy atom. The van der Waals surface area contributed by atoms with Crippen LogP contribution in [0.15, 0.2) is 53.4 Å². The minimum Gasteiger partial charge on any atom is -0.355 e. The molecule has 7 nitrogen and oxygen atoms in total. The van der Waals surface area contributed by atoms with Gasteiger partial charge < -0.3 is 10.6 Å². The maximum atomic E-state index is 13.0. The second-order valence-corrected chi connectivity index (χ2v) is 9.51. The Bertz CT molecular complexity index is 1020. The standard InChI is InChI=1S/C22H26FN3O4S/c1-16(27)25-20-8-10-21(11-9-20)31(29,30)26-14-2-3-18(15-26)22(28)24-13-12-17-4-6-19(23)7-5-17/h4-11,18H,2-3,12-15H2,1H3,(H,24,28)(H,25,27)/t18-/m1/s1. The summed E-state index contributed by atoms with van der Waals surface area (Å²) in [5, 5.41) is 5.46. The first kappa shape index (κ1) is 22.9. The summed E-state index contributed by atoms with van der Waals surface area (Å²) >= 11 is 0. The Labute approximate surface area is 181 Å². The number of carbonyl (C=O) groups excluding carboxylic acids is 2. The largest absolute Gasteiger partial charge is 0.355 e. The van der Waals surface area contributed by atoms with Crippen molar-refractivity contribution >= 4 is 27.5 Å². The Balaban J connectivity index is 1.57. The van der Waals surface area contributed by atoms with Crippen molar-refractivity contribution in [3.05, 3.63) is 59.9 Å². The summed E-state index contributed by atoms with van der Waals surface area (Å²) in [7, 11) is -3.74. The second-order valence-electron chi connectivity index (χ2n) is 7.58. The lowest BCUT2D eigenvalue weighted by Gasteiger charge is -2.31. The lowest BCUT2D eigenvalue weighted by atomic mass is 9.99. The molecule has 1 atom stereocenters. The minimum absolute atomic E-state index is 0.123. The van der Waals surface area contributed by atoms with E-state index in [-0.39, 0.29) is 29.1 Å². The lowest BCUT2D eigenvalue weighted by molar-refractivity contribution is -0.126. The van der Waals surface area contributed by atoms with E-state index in [0.29, 0.717) is 38.0 Å². The lowest BCUT2D eigenvalue weighted by Crippen LogP contribution is -2.45. The van der Waals surface area contributed by atoms with E-state index in [9.17, 15) is 22.4 Å². The number of piperidine rings is 1. The van der Waals surface area contributed by atoms with E-state index < -0.39 is 15.9 Å². The summed E-state index contributed by atoms with van der Waals surface area (Å²) in [5.41, 5.74) is 1.43. The van der Waals surface area contributed by atoms with Crippen LogP contribution in [0.5, 0.6) is 0 Å². The number of hydrogen-bond donors (Lipinski definition) is 2. The summed E-state index contributed by atoms with van der Waals surface area (Å²) in [6.07, 6.45) is 1.79. The zero-order chi connectivity index (χ0) is 22.4. The van der Waals surface area contributed by atoms with E-state index >= 15 is 0 Å². The highest BCUT2D eigenvalue weighted by molar-refractivity contribution is 7.89. The van der Waals surface area contributed by atoms with Gasteiger partial charge in [-0.05, 0) is 61.2 Å². The van der Waals surface area contributed by atoms with Gasteiger partial charge in [-0.3, -0.25) is 9.59 Å². The van der Waals surface area contributed by atoms with E-state index in [4.69, 9.17) is 0 Å². The first-order valence-corrected chi connectivity index (χ1v) is 11.6. The van der Waals surface area contributed by atoms with E-state index in [1.165, 1.54) is 47.6 Å². The molecule has 0 spiro atoms. The molecule has 0 aromatic heterocycles. The molecule has 1 aliphatic heterocycles. The molecular formula is C22H26FN3O4S. The fraction of sp³-hybridized carbons (Fsp3) is 0.364. The molecule has 1 fully saturated rings. The van der Waals surface area contributed by atoms with Crippen molar-refractivity contribution in [1.82, 2.24) is 9.62 Å². The van der Waals surface area contributed by atoms with E-state index in [1.54, 1.807) is 12.1 Å². The van der Waals surface area contributed by atoms with Crippen LogP contribution in [-0.2, 0) is 26.0 Å². The van der Waals surface area contributed by atoms with Crippen LogP contribution in [-0.4, -0.2) is 44.2 Å². The zero-order valence-corrected chi connectivity index (χ0v) is 18.1. The summed E-state index contributed by atoms with van der Waals surface area (Å²) in [6.45, 7) is 2.26. The molecule has 0 aliphatic carbocycles. The highest BCUT2D eigenvalue weighted by atomic mass is 32.2. The molecule has 1 aliphatic rings. The number of amides is 2. The van der Waals surface area contributed by atoms with Gasteiger partial charge in [0, 0.05) is 32.2 Å². The average Bonchev–Trinajstić information content (AvgIpc) is 2.75.